The van der Waals surface area contributed by atoms with Gasteiger partial charge in [-0.1, -0.05) is 0 Å². The largest absolute Gasteiger partial charge is 0.478 e. The first-order chi connectivity index (χ1) is 9.47. The Hall–Kier alpha value is -2.28. The number of amides is 1. The van der Waals surface area contributed by atoms with E-state index in [2.05, 4.69) is 26.2 Å². The van der Waals surface area contributed by atoms with Crippen LogP contribution in [0.15, 0.2) is 41.1 Å². The van der Waals surface area contributed by atoms with Crippen LogP contribution in [0.3, 0.4) is 0 Å². The average molecular weight is 339 g/mol. The van der Waals surface area contributed by atoms with E-state index in [1.807, 2.05) is 0 Å². The van der Waals surface area contributed by atoms with Crippen molar-refractivity contribution in [3.63, 3.8) is 0 Å². The third kappa shape index (κ3) is 3.18. The zero-order valence-electron chi connectivity index (χ0n) is 9.93. The molecule has 1 aromatic heterocycles. The van der Waals surface area contributed by atoms with Gasteiger partial charge in [-0.25, -0.2) is 9.18 Å². The van der Waals surface area contributed by atoms with E-state index in [0.717, 1.165) is 12.1 Å². The van der Waals surface area contributed by atoms with Gasteiger partial charge in [-0.3, -0.25) is 9.78 Å². The summed E-state index contributed by atoms with van der Waals surface area (Å²) in [5, 5.41) is 11.4. The predicted molar refractivity (Wildman–Crippen MR) is 73.2 cm³/mol. The molecule has 0 aliphatic rings. The van der Waals surface area contributed by atoms with Gasteiger partial charge >= 0.3 is 5.97 Å². The van der Waals surface area contributed by atoms with Crippen LogP contribution in [0.4, 0.5) is 10.1 Å². The van der Waals surface area contributed by atoms with Gasteiger partial charge in [0.05, 0.1) is 16.8 Å². The van der Waals surface area contributed by atoms with Crippen molar-refractivity contribution < 1.29 is 19.1 Å². The zero-order chi connectivity index (χ0) is 14.7. The summed E-state index contributed by atoms with van der Waals surface area (Å²) in [6, 6.07) is 4.65. The summed E-state index contributed by atoms with van der Waals surface area (Å²) < 4.78 is 13.6. The molecule has 0 saturated heterocycles. The molecule has 0 aliphatic heterocycles. The summed E-state index contributed by atoms with van der Waals surface area (Å²) in [4.78, 5) is 26.8. The molecule has 0 atom stereocenters. The van der Waals surface area contributed by atoms with Crippen LogP contribution in [0, 0.1) is 5.82 Å². The number of aromatic nitrogens is 1. The SMILES string of the molecule is O=C(Nc1ccc(F)cc1C(=O)O)c1cncc(Br)c1. The maximum atomic E-state index is 13.0. The number of carbonyl (C=O) groups is 2. The van der Waals surface area contributed by atoms with Gasteiger partial charge in [-0.2, -0.15) is 0 Å². The Kier molecular flexibility index (Phi) is 4.09. The number of carbonyl (C=O) groups excluding carboxylic acids is 1. The first-order valence-electron chi connectivity index (χ1n) is 5.42. The third-order valence-corrected chi connectivity index (χ3v) is 2.86. The fourth-order valence-electron chi connectivity index (χ4n) is 1.53. The number of hydrogen-bond donors (Lipinski definition) is 2. The second kappa shape index (κ2) is 5.79. The van der Waals surface area contributed by atoms with Crippen LogP contribution < -0.4 is 5.32 Å². The predicted octanol–water partition coefficient (Wildman–Crippen LogP) is 2.93. The fraction of sp³-hybridized carbons (Fsp3) is 0. The summed E-state index contributed by atoms with van der Waals surface area (Å²) in [6.45, 7) is 0. The molecule has 7 heteroatoms. The smallest absolute Gasteiger partial charge is 0.337 e. The zero-order valence-corrected chi connectivity index (χ0v) is 11.5. The molecule has 2 N–H and O–H groups in total. The molecule has 0 bridgehead atoms. The Balaban J connectivity index is 2.30. The maximum absolute atomic E-state index is 13.0. The lowest BCUT2D eigenvalue weighted by Crippen LogP contribution is -2.15. The Morgan fingerprint density at radius 3 is 2.65 bits per heavy atom. The topological polar surface area (TPSA) is 79.3 Å². The lowest BCUT2D eigenvalue weighted by atomic mass is 10.1. The molecule has 102 valence electrons. The monoisotopic (exact) mass is 338 g/mol. The third-order valence-electron chi connectivity index (χ3n) is 2.43. The van der Waals surface area contributed by atoms with Crippen molar-refractivity contribution in [1.82, 2.24) is 4.98 Å². The van der Waals surface area contributed by atoms with Crippen molar-refractivity contribution in [2.75, 3.05) is 5.32 Å². The van der Waals surface area contributed by atoms with E-state index in [0.29, 0.717) is 4.47 Å². The molecule has 0 aliphatic carbocycles. The van der Waals surface area contributed by atoms with E-state index < -0.39 is 17.7 Å². The summed E-state index contributed by atoms with van der Waals surface area (Å²) in [5.41, 5.74) is -0.0507. The second-order valence-electron chi connectivity index (χ2n) is 3.84. The molecular weight excluding hydrogens is 331 g/mol. The number of anilines is 1. The lowest BCUT2D eigenvalue weighted by Gasteiger charge is -2.08. The highest BCUT2D eigenvalue weighted by Gasteiger charge is 2.15. The number of pyridine rings is 1. The van der Waals surface area contributed by atoms with Gasteiger partial charge in [0.15, 0.2) is 0 Å². The van der Waals surface area contributed by atoms with Gasteiger partial charge < -0.3 is 10.4 Å². The minimum absolute atomic E-state index is 0.0175. The molecule has 2 aromatic rings. The fourth-order valence-corrected chi connectivity index (χ4v) is 1.90. The average Bonchev–Trinajstić information content (AvgIpc) is 2.40. The summed E-state index contributed by atoms with van der Waals surface area (Å²) in [5.74, 6) is -2.55. The van der Waals surface area contributed by atoms with E-state index in [-0.39, 0.29) is 16.8 Å². The van der Waals surface area contributed by atoms with Crippen LogP contribution in [0.1, 0.15) is 20.7 Å². The Bertz CT molecular complexity index is 691. The van der Waals surface area contributed by atoms with E-state index in [1.165, 1.54) is 24.5 Å². The van der Waals surface area contributed by atoms with E-state index in [4.69, 9.17) is 5.11 Å². The molecule has 0 radical (unpaired) electrons. The number of nitrogens with one attached hydrogen (secondary N) is 1. The van der Waals surface area contributed by atoms with Gasteiger partial charge in [0, 0.05) is 16.9 Å². The summed E-state index contributed by atoms with van der Waals surface area (Å²) in [6.07, 6.45) is 2.85. The van der Waals surface area contributed by atoms with Crippen molar-refractivity contribution in [1.29, 1.82) is 0 Å². The van der Waals surface area contributed by atoms with Crippen molar-refractivity contribution in [3.8, 4) is 0 Å². The number of benzene rings is 1. The van der Waals surface area contributed by atoms with Crippen molar-refractivity contribution in [3.05, 3.63) is 58.1 Å². The second-order valence-corrected chi connectivity index (χ2v) is 4.76. The van der Waals surface area contributed by atoms with Crippen LogP contribution in [-0.4, -0.2) is 22.0 Å². The molecule has 1 aromatic carbocycles. The molecule has 1 amide bonds. The van der Waals surface area contributed by atoms with Crippen LogP contribution in [0.5, 0.6) is 0 Å². The van der Waals surface area contributed by atoms with Gasteiger partial charge in [-0.15, -0.1) is 0 Å². The number of hydrogen-bond acceptors (Lipinski definition) is 3. The molecule has 0 saturated carbocycles. The van der Waals surface area contributed by atoms with E-state index >= 15 is 0 Å². The first kappa shape index (κ1) is 14.1. The number of carboxylic acids is 1. The summed E-state index contributed by atoms with van der Waals surface area (Å²) >= 11 is 3.18. The summed E-state index contributed by atoms with van der Waals surface area (Å²) in [7, 11) is 0. The minimum Gasteiger partial charge on any atom is -0.478 e. The molecule has 2 rings (SSSR count). The van der Waals surface area contributed by atoms with Crippen molar-refractivity contribution in [2.45, 2.75) is 0 Å². The molecule has 0 fully saturated rings. The normalized spacial score (nSPS) is 10.1. The Labute approximate surface area is 121 Å². The van der Waals surface area contributed by atoms with Crippen LogP contribution in [-0.2, 0) is 0 Å². The quantitative estimate of drug-likeness (QED) is 0.901. The number of rotatable bonds is 3. The van der Waals surface area contributed by atoms with Gasteiger partial charge in [0.1, 0.15) is 5.82 Å². The van der Waals surface area contributed by atoms with Crippen molar-refractivity contribution in [2.24, 2.45) is 0 Å². The maximum Gasteiger partial charge on any atom is 0.337 e. The standard InChI is InChI=1S/C13H8BrFN2O3/c14-8-3-7(5-16-6-8)12(18)17-11-2-1-9(15)4-10(11)13(19)20/h1-6H,(H,17,18)(H,19,20). The van der Waals surface area contributed by atoms with Gasteiger partial charge in [0.25, 0.3) is 5.91 Å². The van der Waals surface area contributed by atoms with Crippen molar-refractivity contribution >= 4 is 33.5 Å². The first-order valence-corrected chi connectivity index (χ1v) is 6.21. The minimum atomic E-state index is -1.33. The highest BCUT2D eigenvalue weighted by Crippen LogP contribution is 2.18. The highest BCUT2D eigenvalue weighted by atomic mass is 79.9. The van der Waals surface area contributed by atoms with Crippen LogP contribution >= 0.6 is 15.9 Å². The number of nitrogens with zero attached hydrogens (tertiary/aromatic N) is 1. The Morgan fingerprint density at radius 2 is 2.00 bits per heavy atom. The van der Waals surface area contributed by atoms with Crippen LogP contribution in [0.25, 0.3) is 0 Å². The molecule has 0 spiro atoms. The molecule has 20 heavy (non-hydrogen) atoms. The number of carboxylic acid groups (broad SMARTS) is 1. The number of aromatic carboxylic acids is 1. The number of halogens is 2. The molecule has 5 nitrogen and oxygen atoms in total. The van der Waals surface area contributed by atoms with Crippen LogP contribution in [0.2, 0.25) is 0 Å². The highest BCUT2D eigenvalue weighted by molar-refractivity contribution is 9.10. The molecule has 1 heterocycles. The Morgan fingerprint density at radius 1 is 1.25 bits per heavy atom. The van der Waals surface area contributed by atoms with E-state index in [9.17, 15) is 14.0 Å². The molecular formula is C13H8BrFN2O3. The lowest BCUT2D eigenvalue weighted by molar-refractivity contribution is 0.0697. The van der Waals surface area contributed by atoms with Gasteiger partial charge in [-0.05, 0) is 40.2 Å². The van der Waals surface area contributed by atoms with Gasteiger partial charge in [0.2, 0.25) is 0 Å². The molecule has 0 unspecified atom stereocenters. The van der Waals surface area contributed by atoms with E-state index in [1.54, 1.807) is 0 Å².